The molecule has 98 valence electrons. The van der Waals surface area contributed by atoms with Crippen molar-refractivity contribution in [3.8, 4) is 0 Å². The molecule has 19 heavy (non-hydrogen) atoms. The molecule has 0 saturated carbocycles. The maximum atomic E-state index is 12.6. The monoisotopic (exact) mass is 286 g/mol. The third kappa shape index (κ3) is 2.16. The molecule has 2 aromatic rings. The minimum absolute atomic E-state index is 0.153. The number of nitrogens with one attached hydrogen (secondary N) is 2. The predicted molar refractivity (Wildman–Crippen MR) is 61.5 cm³/mol. The van der Waals surface area contributed by atoms with Crippen LogP contribution in [0.2, 0.25) is 0 Å². The number of hydrogen-bond acceptors (Lipinski definition) is 5. The van der Waals surface area contributed by atoms with E-state index in [4.69, 9.17) is 0 Å². The number of aromatic amines is 1. The molecule has 0 atom stereocenters. The first-order valence-electron chi connectivity index (χ1n) is 5.06. The smallest absolute Gasteiger partial charge is 0.337 e. The molecule has 0 amide bonds. The SMILES string of the molecule is O=c1nc2c(n[nH]1)Sc1ccc(C(F)(F)F)cc1N2. The summed E-state index contributed by atoms with van der Waals surface area (Å²) >= 11 is 1.14. The molecule has 5 nitrogen and oxygen atoms in total. The van der Waals surface area contributed by atoms with E-state index >= 15 is 0 Å². The van der Waals surface area contributed by atoms with Crippen LogP contribution in [0, 0.1) is 0 Å². The van der Waals surface area contributed by atoms with Gasteiger partial charge in [0.2, 0.25) is 0 Å². The third-order valence-electron chi connectivity index (χ3n) is 2.44. The van der Waals surface area contributed by atoms with Gasteiger partial charge in [-0.2, -0.15) is 23.3 Å². The van der Waals surface area contributed by atoms with Crippen LogP contribution in [-0.2, 0) is 6.18 Å². The van der Waals surface area contributed by atoms with Crippen molar-refractivity contribution in [2.75, 3.05) is 5.32 Å². The summed E-state index contributed by atoms with van der Waals surface area (Å²) in [6, 6.07) is 3.33. The Balaban J connectivity index is 2.06. The van der Waals surface area contributed by atoms with Crippen LogP contribution < -0.4 is 11.0 Å². The zero-order chi connectivity index (χ0) is 13.6. The zero-order valence-electron chi connectivity index (χ0n) is 9.08. The Hall–Kier alpha value is -2.03. The molecular formula is C10H5F3N4OS. The lowest BCUT2D eigenvalue weighted by atomic mass is 10.2. The van der Waals surface area contributed by atoms with Crippen molar-refractivity contribution in [1.29, 1.82) is 0 Å². The van der Waals surface area contributed by atoms with Gasteiger partial charge in [0.1, 0.15) is 0 Å². The molecule has 2 N–H and O–H groups in total. The summed E-state index contributed by atoms with van der Waals surface area (Å²) < 4.78 is 37.8. The van der Waals surface area contributed by atoms with Crippen LogP contribution in [0.3, 0.4) is 0 Å². The molecule has 9 heteroatoms. The van der Waals surface area contributed by atoms with Crippen molar-refractivity contribution < 1.29 is 13.2 Å². The number of alkyl halides is 3. The minimum Gasteiger partial charge on any atom is -0.337 e. The molecule has 1 aliphatic rings. The van der Waals surface area contributed by atoms with Gasteiger partial charge in [0, 0.05) is 4.90 Å². The number of halogens is 3. The van der Waals surface area contributed by atoms with Gasteiger partial charge < -0.3 is 5.32 Å². The minimum atomic E-state index is -4.42. The zero-order valence-corrected chi connectivity index (χ0v) is 9.89. The van der Waals surface area contributed by atoms with Gasteiger partial charge in [-0.05, 0) is 18.2 Å². The van der Waals surface area contributed by atoms with Crippen LogP contribution >= 0.6 is 11.8 Å². The maximum Gasteiger partial charge on any atom is 0.416 e. The molecule has 0 radical (unpaired) electrons. The Bertz CT molecular complexity index is 713. The normalized spacial score (nSPS) is 13.4. The van der Waals surface area contributed by atoms with E-state index < -0.39 is 17.4 Å². The van der Waals surface area contributed by atoms with Crippen LogP contribution in [0.15, 0.2) is 32.9 Å². The Morgan fingerprint density at radius 3 is 2.79 bits per heavy atom. The molecule has 3 rings (SSSR count). The van der Waals surface area contributed by atoms with Crippen molar-refractivity contribution in [3.05, 3.63) is 34.2 Å². The molecule has 0 spiro atoms. The Morgan fingerprint density at radius 2 is 2.05 bits per heavy atom. The number of anilines is 2. The van der Waals surface area contributed by atoms with E-state index in [9.17, 15) is 18.0 Å². The molecule has 1 aromatic heterocycles. The summed E-state index contributed by atoms with van der Waals surface area (Å²) in [5.41, 5.74) is -1.17. The largest absolute Gasteiger partial charge is 0.416 e. The van der Waals surface area contributed by atoms with Gasteiger partial charge >= 0.3 is 11.9 Å². The lowest BCUT2D eigenvalue weighted by Crippen LogP contribution is -2.17. The maximum absolute atomic E-state index is 12.6. The summed E-state index contributed by atoms with van der Waals surface area (Å²) in [5, 5.41) is 9.02. The van der Waals surface area contributed by atoms with Gasteiger partial charge in [-0.3, -0.25) is 0 Å². The first kappa shape index (κ1) is 12.0. The molecule has 1 aromatic carbocycles. The molecule has 0 fully saturated rings. The first-order chi connectivity index (χ1) is 8.93. The summed E-state index contributed by atoms with van der Waals surface area (Å²) in [6.07, 6.45) is -4.42. The molecule has 1 aliphatic heterocycles. The highest BCUT2D eigenvalue weighted by molar-refractivity contribution is 7.99. The van der Waals surface area contributed by atoms with Gasteiger partial charge in [-0.1, -0.05) is 11.8 Å². The van der Waals surface area contributed by atoms with Crippen molar-refractivity contribution >= 4 is 23.3 Å². The van der Waals surface area contributed by atoms with Gasteiger partial charge in [0.05, 0.1) is 11.3 Å². The van der Waals surface area contributed by atoms with Crippen LogP contribution in [0.4, 0.5) is 24.7 Å². The van der Waals surface area contributed by atoms with Crippen LogP contribution in [0.1, 0.15) is 5.56 Å². The number of rotatable bonds is 0. The number of nitrogens with zero attached hydrogens (tertiary/aromatic N) is 2. The average molecular weight is 286 g/mol. The molecule has 0 saturated heterocycles. The van der Waals surface area contributed by atoms with Crippen molar-refractivity contribution in [2.45, 2.75) is 16.1 Å². The number of fused-ring (bicyclic) bond motifs is 2. The standard InChI is InChI=1S/C10H5F3N4OS/c11-10(12,13)4-1-2-6-5(3-4)14-7-8(19-6)16-17-9(18)15-7/h1-3H,(H2,14,15,17,18). The topological polar surface area (TPSA) is 70.7 Å². The van der Waals surface area contributed by atoms with Crippen molar-refractivity contribution in [2.24, 2.45) is 0 Å². The van der Waals surface area contributed by atoms with E-state index in [0.717, 1.165) is 23.9 Å². The highest BCUT2D eigenvalue weighted by Crippen LogP contribution is 2.43. The van der Waals surface area contributed by atoms with Crippen molar-refractivity contribution in [1.82, 2.24) is 15.2 Å². The lowest BCUT2D eigenvalue weighted by Gasteiger charge is -2.19. The van der Waals surface area contributed by atoms with E-state index in [1.807, 2.05) is 0 Å². The lowest BCUT2D eigenvalue weighted by molar-refractivity contribution is -0.137. The molecule has 0 unspecified atom stereocenters. The van der Waals surface area contributed by atoms with Gasteiger partial charge in [0.25, 0.3) is 0 Å². The Morgan fingerprint density at radius 1 is 1.26 bits per heavy atom. The first-order valence-corrected chi connectivity index (χ1v) is 5.88. The Labute approximate surface area is 108 Å². The summed E-state index contributed by atoms with van der Waals surface area (Å²) in [6.45, 7) is 0. The van der Waals surface area contributed by atoms with Gasteiger partial charge in [-0.15, -0.1) is 0 Å². The van der Waals surface area contributed by atoms with E-state index in [0.29, 0.717) is 9.92 Å². The summed E-state index contributed by atoms with van der Waals surface area (Å²) in [5.74, 6) is 0.153. The fourth-order valence-corrected chi connectivity index (χ4v) is 2.45. The van der Waals surface area contributed by atoms with Gasteiger partial charge in [-0.25, -0.2) is 9.89 Å². The number of hydrogen-bond donors (Lipinski definition) is 2. The second-order valence-electron chi connectivity index (χ2n) is 3.73. The van der Waals surface area contributed by atoms with E-state index in [1.54, 1.807) is 0 Å². The molecular weight excluding hydrogens is 281 g/mol. The summed E-state index contributed by atoms with van der Waals surface area (Å²) in [4.78, 5) is 15.2. The number of H-pyrrole nitrogens is 1. The highest BCUT2D eigenvalue weighted by Gasteiger charge is 2.32. The molecule has 0 aliphatic carbocycles. The number of benzene rings is 1. The molecule has 2 heterocycles. The van der Waals surface area contributed by atoms with Crippen molar-refractivity contribution in [3.63, 3.8) is 0 Å². The highest BCUT2D eigenvalue weighted by atomic mass is 32.2. The predicted octanol–water partition coefficient (Wildman–Crippen LogP) is 2.39. The fraction of sp³-hybridized carbons (Fsp3) is 0.100. The van der Waals surface area contributed by atoms with Gasteiger partial charge in [0.15, 0.2) is 10.8 Å². The van der Waals surface area contributed by atoms with Crippen LogP contribution in [0.5, 0.6) is 0 Å². The molecule has 0 bridgehead atoms. The van der Waals surface area contributed by atoms with E-state index in [-0.39, 0.29) is 11.5 Å². The van der Waals surface area contributed by atoms with E-state index in [1.165, 1.54) is 6.07 Å². The summed E-state index contributed by atoms with van der Waals surface area (Å²) in [7, 11) is 0. The van der Waals surface area contributed by atoms with E-state index in [2.05, 4.69) is 20.5 Å². The second-order valence-corrected chi connectivity index (χ2v) is 4.76. The number of aromatic nitrogens is 3. The van der Waals surface area contributed by atoms with Crippen LogP contribution in [-0.4, -0.2) is 15.2 Å². The second kappa shape index (κ2) is 3.98. The fourth-order valence-electron chi connectivity index (χ4n) is 1.60. The quantitative estimate of drug-likeness (QED) is 0.664. The Kier molecular flexibility index (Phi) is 2.52. The average Bonchev–Trinajstić information content (AvgIpc) is 2.34. The third-order valence-corrected chi connectivity index (χ3v) is 3.49. The van der Waals surface area contributed by atoms with Crippen LogP contribution in [0.25, 0.3) is 0 Å².